The van der Waals surface area contributed by atoms with Gasteiger partial charge in [-0.05, 0) is 64.0 Å². The number of fused-ring (bicyclic) bond motifs is 1. The number of rotatable bonds is 6. The molecule has 0 saturated heterocycles. The zero-order valence-corrected chi connectivity index (χ0v) is 13.8. The average Bonchev–Trinajstić information content (AvgIpc) is 2.70. The zero-order chi connectivity index (χ0) is 14.6. The van der Waals surface area contributed by atoms with E-state index in [4.69, 9.17) is 10.6 Å². The highest BCUT2D eigenvalue weighted by Gasteiger charge is 2.22. The van der Waals surface area contributed by atoms with Crippen molar-refractivity contribution in [2.24, 2.45) is 5.84 Å². The second kappa shape index (κ2) is 7.03. The number of ether oxygens (including phenoxy) is 1. The van der Waals surface area contributed by atoms with Crippen LogP contribution in [0.2, 0.25) is 0 Å². The molecule has 0 fully saturated rings. The summed E-state index contributed by atoms with van der Waals surface area (Å²) in [6.07, 6.45) is 8.55. The fraction of sp³-hybridized carbons (Fsp3) is 0.750. The molecule has 1 aromatic rings. The van der Waals surface area contributed by atoms with Gasteiger partial charge in [0, 0.05) is 16.9 Å². The van der Waals surface area contributed by atoms with Crippen molar-refractivity contribution in [2.45, 2.75) is 70.4 Å². The van der Waals surface area contributed by atoms with E-state index in [-0.39, 0.29) is 11.6 Å². The lowest BCUT2D eigenvalue weighted by molar-refractivity contribution is 0.0117. The SMILES string of the molecule is COC(C)(C)CCC(NN)c1cc2c(s1)CCCCC2. The molecule has 4 heteroatoms. The fourth-order valence-corrected chi connectivity index (χ4v) is 4.12. The summed E-state index contributed by atoms with van der Waals surface area (Å²) < 4.78 is 5.50. The van der Waals surface area contributed by atoms with E-state index >= 15 is 0 Å². The summed E-state index contributed by atoms with van der Waals surface area (Å²) in [4.78, 5) is 2.98. The molecule has 0 aromatic carbocycles. The predicted octanol–water partition coefficient (Wildman–Crippen LogP) is 3.73. The maximum absolute atomic E-state index is 5.78. The van der Waals surface area contributed by atoms with Crippen LogP contribution in [0.4, 0.5) is 0 Å². The van der Waals surface area contributed by atoms with Gasteiger partial charge in [0.2, 0.25) is 0 Å². The number of methoxy groups -OCH3 is 1. The summed E-state index contributed by atoms with van der Waals surface area (Å²) in [5.41, 5.74) is 4.48. The van der Waals surface area contributed by atoms with Gasteiger partial charge in [0.05, 0.1) is 11.6 Å². The topological polar surface area (TPSA) is 47.3 Å². The van der Waals surface area contributed by atoms with Crippen molar-refractivity contribution < 1.29 is 4.74 Å². The minimum absolute atomic E-state index is 0.0799. The number of aryl methyl sites for hydroxylation is 2. The van der Waals surface area contributed by atoms with Gasteiger partial charge in [0.25, 0.3) is 0 Å². The van der Waals surface area contributed by atoms with Crippen LogP contribution in [0.15, 0.2) is 6.07 Å². The first-order valence-corrected chi connectivity index (χ1v) is 8.50. The van der Waals surface area contributed by atoms with Crippen molar-refractivity contribution in [1.29, 1.82) is 0 Å². The van der Waals surface area contributed by atoms with Crippen LogP contribution in [0.1, 0.15) is 67.3 Å². The molecule has 1 aliphatic rings. The maximum atomic E-state index is 5.78. The molecule has 2 rings (SSSR count). The summed E-state index contributed by atoms with van der Waals surface area (Å²) in [5, 5.41) is 0. The Balaban J connectivity index is 2.04. The van der Waals surface area contributed by atoms with Gasteiger partial charge < -0.3 is 4.74 Å². The lowest BCUT2D eigenvalue weighted by Gasteiger charge is -2.25. The number of hydrogen-bond acceptors (Lipinski definition) is 4. The summed E-state index contributed by atoms with van der Waals surface area (Å²) >= 11 is 1.96. The van der Waals surface area contributed by atoms with Gasteiger partial charge in [-0.25, -0.2) is 0 Å². The largest absolute Gasteiger partial charge is 0.379 e. The highest BCUT2D eigenvalue weighted by Crippen LogP contribution is 2.34. The molecule has 114 valence electrons. The molecule has 20 heavy (non-hydrogen) atoms. The Bertz CT molecular complexity index is 405. The Labute approximate surface area is 126 Å². The molecule has 0 radical (unpaired) electrons. The van der Waals surface area contributed by atoms with Gasteiger partial charge in [0.15, 0.2) is 0 Å². The van der Waals surface area contributed by atoms with Crippen LogP contribution in [-0.2, 0) is 17.6 Å². The van der Waals surface area contributed by atoms with Gasteiger partial charge in [-0.15, -0.1) is 11.3 Å². The van der Waals surface area contributed by atoms with Crippen molar-refractivity contribution in [2.75, 3.05) is 7.11 Å². The van der Waals surface area contributed by atoms with E-state index in [2.05, 4.69) is 25.3 Å². The van der Waals surface area contributed by atoms with Crippen LogP contribution in [0, 0.1) is 0 Å². The molecule has 3 nitrogen and oxygen atoms in total. The third kappa shape index (κ3) is 4.04. The Hall–Kier alpha value is -0.420. The van der Waals surface area contributed by atoms with E-state index in [9.17, 15) is 0 Å². The molecule has 1 unspecified atom stereocenters. The van der Waals surface area contributed by atoms with E-state index < -0.39 is 0 Å². The van der Waals surface area contributed by atoms with Crippen LogP contribution < -0.4 is 11.3 Å². The minimum Gasteiger partial charge on any atom is -0.379 e. The molecule has 0 amide bonds. The number of hydrogen-bond donors (Lipinski definition) is 2. The normalized spacial score (nSPS) is 17.6. The van der Waals surface area contributed by atoms with E-state index in [0.717, 1.165) is 12.8 Å². The molecule has 1 aromatic heterocycles. The molecule has 1 heterocycles. The lowest BCUT2D eigenvalue weighted by atomic mass is 9.98. The van der Waals surface area contributed by atoms with Crippen molar-refractivity contribution in [3.05, 3.63) is 21.4 Å². The number of hydrazine groups is 1. The predicted molar refractivity (Wildman–Crippen MR) is 86.0 cm³/mol. The number of thiophene rings is 1. The van der Waals surface area contributed by atoms with Crippen LogP contribution >= 0.6 is 11.3 Å². The molecule has 0 spiro atoms. The van der Waals surface area contributed by atoms with Gasteiger partial charge in [-0.1, -0.05) is 6.42 Å². The molecular formula is C16H28N2OS. The second-order valence-corrected chi connectivity index (χ2v) is 7.55. The summed E-state index contributed by atoms with van der Waals surface area (Å²) in [6.45, 7) is 4.26. The van der Waals surface area contributed by atoms with Crippen molar-refractivity contribution in [3.8, 4) is 0 Å². The van der Waals surface area contributed by atoms with E-state index in [1.54, 1.807) is 17.6 Å². The monoisotopic (exact) mass is 296 g/mol. The van der Waals surface area contributed by atoms with Crippen LogP contribution in [-0.4, -0.2) is 12.7 Å². The van der Waals surface area contributed by atoms with Crippen LogP contribution in [0.5, 0.6) is 0 Å². The van der Waals surface area contributed by atoms with E-state index in [1.807, 2.05) is 11.3 Å². The van der Waals surface area contributed by atoms with E-state index in [0.29, 0.717) is 0 Å². The summed E-state index contributed by atoms with van der Waals surface area (Å²) in [6, 6.07) is 2.64. The standard InChI is InChI=1S/C16H28N2OS/c1-16(2,19-3)10-9-13(18-17)15-11-12-7-5-4-6-8-14(12)20-15/h11,13,18H,4-10,17H2,1-3H3. The number of nitrogens with one attached hydrogen (secondary N) is 1. The zero-order valence-electron chi connectivity index (χ0n) is 13.0. The lowest BCUT2D eigenvalue weighted by Crippen LogP contribution is -2.30. The maximum Gasteiger partial charge on any atom is 0.0623 e. The Kier molecular flexibility index (Phi) is 5.61. The highest BCUT2D eigenvalue weighted by molar-refractivity contribution is 7.12. The third-order valence-electron chi connectivity index (χ3n) is 4.40. The van der Waals surface area contributed by atoms with Crippen LogP contribution in [0.3, 0.4) is 0 Å². The van der Waals surface area contributed by atoms with Gasteiger partial charge in [-0.3, -0.25) is 11.3 Å². The minimum atomic E-state index is -0.0799. The molecule has 1 aliphatic carbocycles. The Morgan fingerprint density at radius 3 is 2.80 bits per heavy atom. The fourth-order valence-electron chi connectivity index (χ4n) is 2.76. The Morgan fingerprint density at radius 1 is 1.35 bits per heavy atom. The molecule has 0 bridgehead atoms. The smallest absolute Gasteiger partial charge is 0.0623 e. The first kappa shape index (κ1) is 16.0. The van der Waals surface area contributed by atoms with Gasteiger partial charge in [-0.2, -0.15) is 0 Å². The number of nitrogens with two attached hydrogens (primary N) is 1. The van der Waals surface area contributed by atoms with Crippen molar-refractivity contribution in [1.82, 2.24) is 5.43 Å². The first-order chi connectivity index (χ1) is 9.55. The quantitative estimate of drug-likeness (QED) is 0.478. The summed E-state index contributed by atoms with van der Waals surface area (Å²) in [5.74, 6) is 5.78. The first-order valence-electron chi connectivity index (χ1n) is 7.68. The molecule has 3 N–H and O–H groups in total. The van der Waals surface area contributed by atoms with E-state index in [1.165, 1.54) is 37.0 Å². The Morgan fingerprint density at radius 2 is 2.10 bits per heavy atom. The average molecular weight is 296 g/mol. The molecule has 0 saturated carbocycles. The molecular weight excluding hydrogens is 268 g/mol. The highest BCUT2D eigenvalue weighted by atomic mass is 32.1. The van der Waals surface area contributed by atoms with Gasteiger partial charge in [0.1, 0.15) is 0 Å². The molecule has 0 aliphatic heterocycles. The van der Waals surface area contributed by atoms with Crippen molar-refractivity contribution in [3.63, 3.8) is 0 Å². The third-order valence-corrected chi connectivity index (χ3v) is 5.75. The molecule has 1 atom stereocenters. The van der Waals surface area contributed by atoms with Gasteiger partial charge >= 0.3 is 0 Å². The van der Waals surface area contributed by atoms with Crippen molar-refractivity contribution >= 4 is 11.3 Å². The van der Waals surface area contributed by atoms with Crippen LogP contribution in [0.25, 0.3) is 0 Å². The second-order valence-electron chi connectivity index (χ2n) is 6.38. The summed E-state index contributed by atoms with van der Waals surface area (Å²) in [7, 11) is 1.78.